The highest BCUT2D eigenvalue weighted by atomic mass is 35.5. The van der Waals surface area contributed by atoms with Crippen LogP contribution in [0.5, 0.6) is 5.75 Å². The van der Waals surface area contributed by atoms with Gasteiger partial charge in [0.05, 0.1) is 4.92 Å². The first-order valence-electron chi connectivity index (χ1n) is 3.58. The molecule has 0 spiro atoms. The van der Waals surface area contributed by atoms with Crippen LogP contribution in [0.1, 0.15) is 15.9 Å². The van der Waals surface area contributed by atoms with Crippen LogP contribution in [-0.2, 0) is 0 Å². The average Bonchev–Trinajstić information content (AvgIpc) is 2.14. The Labute approximate surface area is 84.1 Å². The lowest BCUT2D eigenvalue weighted by Gasteiger charge is -2.13. The Morgan fingerprint density at radius 1 is 1.57 bits per heavy atom. The highest BCUT2D eigenvalue weighted by molar-refractivity contribution is 6.33. The highest BCUT2D eigenvalue weighted by Gasteiger charge is 2.16. The molecule has 0 bridgehead atoms. The van der Waals surface area contributed by atoms with Crippen LogP contribution < -0.4 is 5.11 Å². The molecule has 0 radical (unpaired) electrons. The maximum atomic E-state index is 11.2. The number of rotatable bonds is 2. The molecule has 0 N–H and O–H groups in total. The Kier molecular flexibility index (Phi) is 2.71. The zero-order chi connectivity index (χ0) is 10.9. The van der Waals surface area contributed by atoms with E-state index in [4.69, 9.17) is 11.6 Å². The molecule has 1 rings (SSSR count). The van der Waals surface area contributed by atoms with Gasteiger partial charge < -0.3 is 5.11 Å². The fourth-order valence-corrected chi connectivity index (χ4v) is 1.21. The van der Waals surface area contributed by atoms with Gasteiger partial charge in [0.25, 0.3) is 5.69 Å². The first-order chi connectivity index (χ1) is 6.49. The van der Waals surface area contributed by atoms with E-state index in [1.165, 1.54) is 6.92 Å². The number of nitrogens with zero attached hydrogens (tertiary/aromatic N) is 1. The molecule has 0 aliphatic heterocycles. The largest absolute Gasteiger partial charge is 0.871 e. The SMILES string of the molecule is Cc1c([N+](=O)[O-])cc(C=O)c([O-])c1Cl. The van der Waals surface area contributed by atoms with Gasteiger partial charge in [-0.25, -0.2) is 0 Å². The zero-order valence-corrected chi connectivity index (χ0v) is 7.87. The minimum Gasteiger partial charge on any atom is -0.871 e. The Morgan fingerprint density at radius 2 is 2.14 bits per heavy atom. The number of hydrogen-bond acceptors (Lipinski definition) is 4. The van der Waals surface area contributed by atoms with Crippen LogP contribution in [-0.4, -0.2) is 11.2 Å². The smallest absolute Gasteiger partial charge is 0.274 e. The molecule has 0 heterocycles. The number of aldehydes is 1. The number of nitro groups is 1. The molecule has 0 atom stereocenters. The average molecular weight is 215 g/mol. The second kappa shape index (κ2) is 3.63. The summed E-state index contributed by atoms with van der Waals surface area (Å²) in [5.74, 6) is -0.676. The summed E-state index contributed by atoms with van der Waals surface area (Å²) < 4.78 is 0. The van der Waals surface area contributed by atoms with Crippen LogP contribution in [0.25, 0.3) is 0 Å². The van der Waals surface area contributed by atoms with Crippen molar-refractivity contribution in [1.29, 1.82) is 0 Å². The Bertz CT molecular complexity index is 416. The molecular weight excluding hydrogens is 210 g/mol. The van der Waals surface area contributed by atoms with Crippen molar-refractivity contribution in [2.75, 3.05) is 0 Å². The van der Waals surface area contributed by atoms with Crippen molar-refractivity contribution >= 4 is 23.6 Å². The first-order valence-corrected chi connectivity index (χ1v) is 3.96. The van der Waals surface area contributed by atoms with Gasteiger partial charge in [0, 0.05) is 22.2 Å². The number of halogens is 1. The quantitative estimate of drug-likeness (QED) is 0.424. The van der Waals surface area contributed by atoms with Crippen molar-refractivity contribution in [3.8, 4) is 5.75 Å². The maximum Gasteiger partial charge on any atom is 0.274 e. The highest BCUT2D eigenvalue weighted by Crippen LogP contribution is 2.34. The van der Waals surface area contributed by atoms with Crippen molar-refractivity contribution in [1.82, 2.24) is 0 Å². The molecule has 0 fully saturated rings. The summed E-state index contributed by atoms with van der Waals surface area (Å²) in [5.41, 5.74) is -0.545. The summed E-state index contributed by atoms with van der Waals surface area (Å²) >= 11 is 5.53. The Hall–Kier alpha value is -1.62. The first kappa shape index (κ1) is 10.5. The predicted molar refractivity (Wildman–Crippen MR) is 47.7 cm³/mol. The van der Waals surface area contributed by atoms with Gasteiger partial charge in [0.15, 0.2) is 0 Å². The molecule has 0 aromatic heterocycles. The maximum absolute atomic E-state index is 11.2. The normalized spacial score (nSPS) is 9.86. The Balaban J connectivity index is 3.56. The summed E-state index contributed by atoms with van der Waals surface area (Å²) in [7, 11) is 0. The molecule has 0 saturated carbocycles. The summed E-state index contributed by atoms with van der Waals surface area (Å²) in [6.45, 7) is 1.36. The molecule has 74 valence electrons. The molecular formula is C8H5ClNO4-. The van der Waals surface area contributed by atoms with Crippen molar-refractivity contribution in [2.45, 2.75) is 6.92 Å². The number of benzene rings is 1. The fourth-order valence-electron chi connectivity index (χ4n) is 1.01. The van der Waals surface area contributed by atoms with Crippen LogP contribution >= 0.6 is 11.6 Å². The van der Waals surface area contributed by atoms with E-state index < -0.39 is 10.7 Å². The molecule has 0 saturated heterocycles. The minimum atomic E-state index is -0.687. The van der Waals surface area contributed by atoms with E-state index in [2.05, 4.69) is 0 Å². The molecule has 0 amide bonds. The van der Waals surface area contributed by atoms with Gasteiger partial charge in [-0.05, 0) is 6.92 Å². The van der Waals surface area contributed by atoms with Gasteiger partial charge in [-0.15, -0.1) is 0 Å². The van der Waals surface area contributed by atoms with E-state index in [-0.39, 0.29) is 28.1 Å². The third-order valence-electron chi connectivity index (χ3n) is 1.79. The van der Waals surface area contributed by atoms with E-state index in [1.54, 1.807) is 0 Å². The number of nitro benzene ring substituents is 1. The third-order valence-corrected chi connectivity index (χ3v) is 2.25. The summed E-state index contributed by atoms with van der Waals surface area (Å²) in [6.07, 6.45) is 0.251. The van der Waals surface area contributed by atoms with Crippen molar-refractivity contribution in [3.63, 3.8) is 0 Å². The van der Waals surface area contributed by atoms with Gasteiger partial charge in [0.1, 0.15) is 6.29 Å². The molecule has 6 heteroatoms. The molecule has 14 heavy (non-hydrogen) atoms. The fraction of sp³-hybridized carbons (Fsp3) is 0.125. The lowest BCUT2D eigenvalue weighted by atomic mass is 10.1. The molecule has 0 aliphatic rings. The van der Waals surface area contributed by atoms with Gasteiger partial charge in [0.2, 0.25) is 0 Å². The van der Waals surface area contributed by atoms with Crippen LogP contribution in [0.3, 0.4) is 0 Å². The van der Waals surface area contributed by atoms with Gasteiger partial charge in [-0.3, -0.25) is 14.9 Å². The van der Waals surface area contributed by atoms with Crippen LogP contribution in [0, 0.1) is 17.0 Å². The van der Waals surface area contributed by atoms with Gasteiger partial charge in [-0.2, -0.15) is 0 Å². The number of carbonyl (C=O) groups is 1. The molecule has 0 aliphatic carbocycles. The summed E-state index contributed by atoms with van der Waals surface area (Å²) in [6, 6.07) is 0.927. The second-order valence-electron chi connectivity index (χ2n) is 2.63. The molecule has 1 aromatic rings. The van der Waals surface area contributed by atoms with Gasteiger partial charge in [-0.1, -0.05) is 17.4 Å². The van der Waals surface area contributed by atoms with Crippen LogP contribution in [0.2, 0.25) is 5.02 Å². The minimum absolute atomic E-state index is 0.0762. The lowest BCUT2D eigenvalue weighted by molar-refractivity contribution is -0.385. The zero-order valence-electron chi connectivity index (χ0n) is 7.11. The monoisotopic (exact) mass is 214 g/mol. The number of hydrogen-bond donors (Lipinski definition) is 0. The lowest BCUT2D eigenvalue weighted by Crippen LogP contribution is -2.02. The van der Waals surface area contributed by atoms with E-state index in [9.17, 15) is 20.0 Å². The van der Waals surface area contributed by atoms with E-state index in [1.807, 2.05) is 0 Å². The van der Waals surface area contributed by atoms with Crippen LogP contribution in [0.15, 0.2) is 6.07 Å². The van der Waals surface area contributed by atoms with Crippen molar-refractivity contribution < 1.29 is 14.8 Å². The molecule has 1 aromatic carbocycles. The van der Waals surface area contributed by atoms with Crippen molar-refractivity contribution in [3.05, 3.63) is 32.3 Å². The second-order valence-corrected chi connectivity index (χ2v) is 3.01. The molecule has 0 unspecified atom stereocenters. The van der Waals surface area contributed by atoms with E-state index in [0.29, 0.717) is 0 Å². The van der Waals surface area contributed by atoms with Crippen LogP contribution in [0.4, 0.5) is 5.69 Å². The predicted octanol–water partition coefficient (Wildman–Crippen LogP) is 1.44. The molecule has 5 nitrogen and oxygen atoms in total. The third kappa shape index (κ3) is 1.54. The van der Waals surface area contributed by atoms with E-state index in [0.717, 1.165) is 6.07 Å². The topological polar surface area (TPSA) is 83.3 Å². The summed E-state index contributed by atoms with van der Waals surface area (Å²) in [4.78, 5) is 20.2. The number of carbonyl (C=O) groups excluding carboxylic acids is 1. The van der Waals surface area contributed by atoms with Crippen molar-refractivity contribution in [2.24, 2.45) is 0 Å². The van der Waals surface area contributed by atoms with E-state index >= 15 is 0 Å². The Morgan fingerprint density at radius 3 is 2.57 bits per heavy atom. The summed E-state index contributed by atoms with van der Waals surface area (Å²) in [5, 5.41) is 21.4. The van der Waals surface area contributed by atoms with Gasteiger partial charge >= 0.3 is 0 Å². The standard InChI is InChI=1S/C8H6ClNO4/c1-4-6(10(13)14)2-5(3-11)8(12)7(4)9/h2-3,12H,1H3/p-1.